The first kappa shape index (κ1) is 24.0. The highest BCUT2D eigenvalue weighted by molar-refractivity contribution is 7.21. The number of para-hydroxylation sites is 1. The Kier molecular flexibility index (Phi) is 5.80. The van der Waals surface area contributed by atoms with Gasteiger partial charge < -0.3 is 10.2 Å². The summed E-state index contributed by atoms with van der Waals surface area (Å²) in [5.41, 5.74) is 3.84. The highest BCUT2D eigenvalue weighted by Crippen LogP contribution is 2.47. The number of aromatic hydroxyl groups is 2. The summed E-state index contributed by atoms with van der Waals surface area (Å²) < 4.78 is 42.4. The Morgan fingerprint density at radius 3 is 2.32 bits per heavy atom. The summed E-state index contributed by atoms with van der Waals surface area (Å²) in [6.07, 6.45) is -2.51. The molecule has 0 atom stereocenters. The maximum Gasteiger partial charge on any atom is 0.418 e. The van der Waals surface area contributed by atoms with Crippen molar-refractivity contribution in [3.05, 3.63) is 114 Å². The molecular formula is C31H20F3NO2S. The molecule has 0 radical (unpaired) electrons. The molecule has 7 heteroatoms. The molecule has 0 saturated heterocycles. The van der Waals surface area contributed by atoms with Crippen LogP contribution in [0.4, 0.5) is 13.2 Å². The van der Waals surface area contributed by atoms with Crippen molar-refractivity contribution in [2.24, 2.45) is 0 Å². The Hall–Kier alpha value is -4.36. The number of thiophene rings is 1. The third kappa shape index (κ3) is 4.15. The number of aromatic nitrogens is 1. The zero-order valence-corrected chi connectivity index (χ0v) is 20.6. The van der Waals surface area contributed by atoms with E-state index >= 15 is 0 Å². The molecule has 0 spiro atoms. The lowest BCUT2D eigenvalue weighted by Crippen LogP contribution is -2.07. The highest BCUT2D eigenvalue weighted by atomic mass is 32.1. The van der Waals surface area contributed by atoms with Gasteiger partial charge in [0.2, 0.25) is 5.06 Å². The molecule has 6 rings (SSSR count). The van der Waals surface area contributed by atoms with E-state index in [-0.39, 0.29) is 16.3 Å². The summed E-state index contributed by atoms with van der Waals surface area (Å²) in [5, 5.41) is 21.4. The first-order chi connectivity index (χ1) is 18.3. The summed E-state index contributed by atoms with van der Waals surface area (Å²) in [5.74, 6) is -0.181. The first-order valence-corrected chi connectivity index (χ1v) is 12.7. The van der Waals surface area contributed by atoms with E-state index in [1.165, 1.54) is 12.3 Å². The van der Waals surface area contributed by atoms with Gasteiger partial charge in [0, 0.05) is 21.7 Å². The van der Waals surface area contributed by atoms with Crippen molar-refractivity contribution in [3.63, 3.8) is 0 Å². The van der Waals surface area contributed by atoms with Crippen LogP contribution < -0.4 is 0 Å². The summed E-state index contributed by atoms with van der Waals surface area (Å²) in [7, 11) is 0. The van der Waals surface area contributed by atoms with Crippen LogP contribution >= 0.6 is 11.3 Å². The number of rotatable bonds is 4. The maximum atomic E-state index is 13.9. The number of benzene rings is 4. The van der Waals surface area contributed by atoms with E-state index in [1.807, 2.05) is 72.8 Å². The Balaban J connectivity index is 1.60. The van der Waals surface area contributed by atoms with Gasteiger partial charge in [-0.25, -0.2) is 0 Å². The van der Waals surface area contributed by atoms with Crippen molar-refractivity contribution in [2.45, 2.75) is 12.6 Å². The van der Waals surface area contributed by atoms with Crippen molar-refractivity contribution in [1.29, 1.82) is 0 Å². The lowest BCUT2D eigenvalue weighted by molar-refractivity contribution is -0.136. The molecule has 38 heavy (non-hydrogen) atoms. The van der Waals surface area contributed by atoms with Crippen LogP contribution in [0.2, 0.25) is 0 Å². The molecule has 0 bridgehead atoms. The largest absolute Gasteiger partial charge is 0.503 e. The predicted molar refractivity (Wildman–Crippen MR) is 146 cm³/mol. The predicted octanol–water partition coefficient (Wildman–Crippen LogP) is 8.80. The Bertz CT molecular complexity index is 1810. The number of hydrogen-bond acceptors (Lipinski definition) is 4. The molecule has 4 aromatic carbocycles. The summed E-state index contributed by atoms with van der Waals surface area (Å²) >= 11 is 1.09. The number of halogens is 3. The first-order valence-electron chi connectivity index (χ1n) is 11.9. The minimum atomic E-state index is -4.54. The molecule has 2 aromatic heterocycles. The zero-order valence-electron chi connectivity index (χ0n) is 19.8. The van der Waals surface area contributed by atoms with Crippen LogP contribution in [0.5, 0.6) is 10.8 Å². The van der Waals surface area contributed by atoms with E-state index in [0.717, 1.165) is 49.9 Å². The highest BCUT2D eigenvalue weighted by Gasteiger charge is 2.33. The minimum absolute atomic E-state index is 0.0975. The fourth-order valence-corrected chi connectivity index (χ4v) is 5.85. The molecule has 2 heterocycles. The van der Waals surface area contributed by atoms with E-state index < -0.39 is 11.7 Å². The SMILES string of the molecule is Oc1sc2cccc(-c3cccc(-c4c(Cc5ccccc5)cnc5c(C(F)(F)F)cccc45)c3)c2c1O. The number of fused-ring (bicyclic) bond motifs is 2. The molecule has 0 fully saturated rings. The van der Waals surface area contributed by atoms with Crippen LogP contribution in [-0.2, 0) is 12.6 Å². The second kappa shape index (κ2) is 9.19. The van der Waals surface area contributed by atoms with Gasteiger partial charge in [-0.1, -0.05) is 84.1 Å². The standard InChI is InChI=1S/C31H20F3NO2S/c32-31(33,34)24-13-5-12-23-26(21(17-35-28(23)24)15-18-7-2-1-3-8-18)20-10-4-9-19(16-20)22-11-6-14-25-27(22)29(36)30(37)38-25/h1-14,16-17,36-37H,15H2. The molecule has 0 saturated carbocycles. The fraction of sp³-hybridized carbons (Fsp3) is 0.0645. The Morgan fingerprint density at radius 2 is 1.53 bits per heavy atom. The lowest BCUT2D eigenvalue weighted by Gasteiger charge is -2.17. The molecule has 0 aliphatic heterocycles. The third-order valence-electron chi connectivity index (χ3n) is 6.65. The maximum absolute atomic E-state index is 13.9. The molecule has 0 unspecified atom stereocenters. The van der Waals surface area contributed by atoms with E-state index in [9.17, 15) is 23.4 Å². The molecule has 188 valence electrons. The monoisotopic (exact) mass is 527 g/mol. The van der Waals surface area contributed by atoms with Gasteiger partial charge in [-0.05, 0) is 58.0 Å². The van der Waals surface area contributed by atoms with Crippen molar-refractivity contribution in [3.8, 4) is 33.1 Å². The van der Waals surface area contributed by atoms with E-state index in [2.05, 4.69) is 4.98 Å². The van der Waals surface area contributed by atoms with Crippen LogP contribution in [0.3, 0.4) is 0 Å². The number of pyridine rings is 1. The average Bonchev–Trinajstić information content (AvgIpc) is 3.21. The second-order valence-electron chi connectivity index (χ2n) is 9.04. The van der Waals surface area contributed by atoms with Gasteiger partial charge in [0.25, 0.3) is 0 Å². The summed E-state index contributed by atoms with van der Waals surface area (Å²) in [4.78, 5) is 4.29. The van der Waals surface area contributed by atoms with Crippen molar-refractivity contribution in [1.82, 2.24) is 4.98 Å². The van der Waals surface area contributed by atoms with Crippen LogP contribution in [0.1, 0.15) is 16.7 Å². The zero-order chi connectivity index (χ0) is 26.4. The number of nitrogens with zero attached hydrogens (tertiary/aromatic N) is 1. The fourth-order valence-electron chi connectivity index (χ4n) is 4.99. The molecule has 0 aliphatic rings. The van der Waals surface area contributed by atoms with Crippen molar-refractivity contribution >= 4 is 32.3 Å². The van der Waals surface area contributed by atoms with Gasteiger partial charge >= 0.3 is 6.18 Å². The molecule has 0 amide bonds. The normalized spacial score (nSPS) is 11.9. The van der Waals surface area contributed by atoms with Gasteiger partial charge in [0.15, 0.2) is 5.75 Å². The van der Waals surface area contributed by atoms with Crippen LogP contribution in [0.15, 0.2) is 97.2 Å². The Morgan fingerprint density at radius 1 is 0.789 bits per heavy atom. The van der Waals surface area contributed by atoms with Gasteiger partial charge in [0.05, 0.1) is 11.1 Å². The Labute approximate surface area is 220 Å². The van der Waals surface area contributed by atoms with E-state index in [4.69, 9.17) is 0 Å². The average molecular weight is 528 g/mol. The smallest absolute Gasteiger partial charge is 0.418 e. The topological polar surface area (TPSA) is 53.4 Å². The molecular weight excluding hydrogens is 507 g/mol. The molecule has 6 aromatic rings. The molecule has 0 aliphatic carbocycles. The van der Waals surface area contributed by atoms with E-state index in [0.29, 0.717) is 22.8 Å². The second-order valence-corrected chi connectivity index (χ2v) is 10.1. The van der Waals surface area contributed by atoms with Gasteiger partial charge in [0.1, 0.15) is 0 Å². The lowest BCUT2D eigenvalue weighted by atomic mass is 9.90. The number of hydrogen-bond donors (Lipinski definition) is 2. The summed E-state index contributed by atoms with van der Waals surface area (Å²) in [6.45, 7) is 0. The van der Waals surface area contributed by atoms with Crippen molar-refractivity contribution < 1.29 is 23.4 Å². The third-order valence-corrected chi connectivity index (χ3v) is 7.60. The van der Waals surface area contributed by atoms with Gasteiger partial charge in [-0.3, -0.25) is 4.98 Å². The molecule has 3 nitrogen and oxygen atoms in total. The van der Waals surface area contributed by atoms with Gasteiger partial charge in [-0.15, -0.1) is 0 Å². The quantitative estimate of drug-likeness (QED) is 0.241. The van der Waals surface area contributed by atoms with Gasteiger partial charge in [-0.2, -0.15) is 13.2 Å². The van der Waals surface area contributed by atoms with E-state index in [1.54, 1.807) is 6.07 Å². The summed E-state index contributed by atoms with van der Waals surface area (Å²) in [6, 6.07) is 26.9. The number of alkyl halides is 3. The van der Waals surface area contributed by atoms with Crippen molar-refractivity contribution in [2.75, 3.05) is 0 Å². The van der Waals surface area contributed by atoms with Crippen LogP contribution in [-0.4, -0.2) is 15.2 Å². The molecule has 2 N–H and O–H groups in total. The minimum Gasteiger partial charge on any atom is -0.503 e. The van der Waals surface area contributed by atoms with Crippen LogP contribution in [0.25, 0.3) is 43.2 Å². The van der Waals surface area contributed by atoms with Crippen LogP contribution in [0, 0.1) is 0 Å².